The van der Waals surface area contributed by atoms with Crippen molar-refractivity contribution in [3.63, 3.8) is 0 Å². The van der Waals surface area contributed by atoms with Crippen LogP contribution >= 0.6 is 0 Å². The van der Waals surface area contributed by atoms with Crippen molar-refractivity contribution in [3.05, 3.63) is 54.1 Å². The van der Waals surface area contributed by atoms with Crippen molar-refractivity contribution in [1.82, 2.24) is 5.48 Å². The second-order valence-electron chi connectivity index (χ2n) is 3.61. The molecule has 0 aliphatic carbocycles. The van der Waals surface area contributed by atoms with Gasteiger partial charge in [-0.3, -0.25) is 10.0 Å². The van der Waals surface area contributed by atoms with Crippen LogP contribution in [0.2, 0.25) is 0 Å². The van der Waals surface area contributed by atoms with E-state index in [-0.39, 0.29) is 0 Å². The van der Waals surface area contributed by atoms with Gasteiger partial charge in [-0.2, -0.15) is 0 Å². The second-order valence-corrected chi connectivity index (χ2v) is 3.61. The van der Waals surface area contributed by atoms with E-state index in [1.54, 1.807) is 35.8 Å². The summed E-state index contributed by atoms with van der Waals surface area (Å²) >= 11 is 0. The molecule has 17 heavy (non-hydrogen) atoms. The molecule has 0 atom stereocenters. The Morgan fingerprint density at radius 3 is 2.59 bits per heavy atom. The van der Waals surface area contributed by atoms with Crippen molar-refractivity contribution < 1.29 is 10.0 Å². The molecule has 0 fully saturated rings. The van der Waals surface area contributed by atoms with Crippen LogP contribution in [-0.2, 0) is 0 Å². The minimum Gasteiger partial charge on any atom is -0.399 e. The van der Waals surface area contributed by atoms with Gasteiger partial charge in [-0.05, 0) is 29.3 Å². The largest absolute Gasteiger partial charge is 0.399 e. The number of anilines is 1. The predicted octanol–water partition coefficient (Wildman–Crippen LogP) is 2.05. The molecule has 0 spiro atoms. The monoisotopic (exact) mass is 228 g/mol. The molecular weight excluding hydrogens is 216 g/mol. The summed E-state index contributed by atoms with van der Waals surface area (Å²) in [5.74, 6) is -0.539. The Balaban J connectivity index is 2.55. The van der Waals surface area contributed by atoms with Gasteiger partial charge in [0.15, 0.2) is 0 Å². The lowest BCUT2D eigenvalue weighted by atomic mass is 9.99. The molecular formula is C13H12N2O2. The average Bonchev–Trinajstić information content (AvgIpc) is 2.38. The average molecular weight is 228 g/mol. The predicted molar refractivity (Wildman–Crippen MR) is 65.5 cm³/mol. The smallest absolute Gasteiger partial charge is 0.275 e. The zero-order valence-electron chi connectivity index (χ0n) is 9.05. The second kappa shape index (κ2) is 4.67. The van der Waals surface area contributed by atoms with E-state index in [9.17, 15) is 4.79 Å². The number of carbonyl (C=O) groups excluding carboxylic acids is 1. The maximum absolute atomic E-state index is 11.5. The third-order valence-corrected chi connectivity index (χ3v) is 2.47. The fourth-order valence-corrected chi connectivity index (χ4v) is 1.70. The number of rotatable bonds is 2. The van der Waals surface area contributed by atoms with Crippen LogP contribution in [-0.4, -0.2) is 11.1 Å². The molecule has 0 radical (unpaired) electrons. The van der Waals surface area contributed by atoms with Crippen molar-refractivity contribution in [2.45, 2.75) is 0 Å². The van der Waals surface area contributed by atoms with Crippen molar-refractivity contribution in [1.29, 1.82) is 0 Å². The van der Waals surface area contributed by atoms with Gasteiger partial charge in [0.1, 0.15) is 0 Å². The van der Waals surface area contributed by atoms with Crippen LogP contribution in [0.15, 0.2) is 48.5 Å². The standard InChI is InChI=1S/C13H12N2O2/c14-10-5-3-4-9(8-10)11-6-1-2-7-12(11)13(16)15-17/h1-8,17H,14H2,(H,15,16). The zero-order valence-corrected chi connectivity index (χ0v) is 9.05. The highest BCUT2D eigenvalue weighted by molar-refractivity contribution is 6.00. The van der Waals surface area contributed by atoms with Crippen molar-refractivity contribution in [3.8, 4) is 11.1 Å². The molecule has 4 nitrogen and oxygen atoms in total. The van der Waals surface area contributed by atoms with Gasteiger partial charge in [-0.15, -0.1) is 0 Å². The summed E-state index contributed by atoms with van der Waals surface area (Å²) < 4.78 is 0. The molecule has 2 rings (SSSR count). The highest BCUT2D eigenvalue weighted by Gasteiger charge is 2.11. The molecule has 0 heterocycles. The SMILES string of the molecule is Nc1cccc(-c2ccccc2C(=O)NO)c1. The van der Waals surface area contributed by atoms with E-state index in [4.69, 9.17) is 10.9 Å². The summed E-state index contributed by atoms with van der Waals surface area (Å²) in [6.07, 6.45) is 0. The maximum atomic E-state index is 11.5. The summed E-state index contributed by atoms with van der Waals surface area (Å²) in [6.45, 7) is 0. The molecule has 0 aliphatic heterocycles. The Bertz CT molecular complexity index is 553. The van der Waals surface area contributed by atoms with Crippen LogP contribution in [0, 0.1) is 0 Å². The minimum atomic E-state index is -0.539. The highest BCUT2D eigenvalue weighted by atomic mass is 16.5. The molecule has 1 amide bonds. The van der Waals surface area contributed by atoms with Gasteiger partial charge in [0.05, 0.1) is 0 Å². The lowest BCUT2D eigenvalue weighted by Crippen LogP contribution is -2.19. The minimum absolute atomic E-state index is 0.403. The summed E-state index contributed by atoms with van der Waals surface area (Å²) in [7, 11) is 0. The van der Waals surface area contributed by atoms with Crippen molar-refractivity contribution in [2.24, 2.45) is 0 Å². The van der Waals surface area contributed by atoms with Crippen molar-refractivity contribution >= 4 is 11.6 Å². The van der Waals surface area contributed by atoms with Gasteiger partial charge in [0.2, 0.25) is 0 Å². The quantitative estimate of drug-likeness (QED) is 0.418. The van der Waals surface area contributed by atoms with Crippen LogP contribution in [0.3, 0.4) is 0 Å². The number of nitrogens with two attached hydrogens (primary N) is 1. The van der Waals surface area contributed by atoms with Crippen molar-refractivity contribution in [2.75, 3.05) is 5.73 Å². The molecule has 0 saturated carbocycles. The van der Waals surface area contributed by atoms with Gasteiger partial charge in [0.25, 0.3) is 5.91 Å². The number of hydrogen-bond acceptors (Lipinski definition) is 3. The van der Waals surface area contributed by atoms with E-state index in [1.807, 2.05) is 18.2 Å². The van der Waals surface area contributed by atoms with E-state index < -0.39 is 5.91 Å². The third-order valence-electron chi connectivity index (χ3n) is 2.47. The van der Waals surface area contributed by atoms with Gasteiger partial charge >= 0.3 is 0 Å². The molecule has 2 aromatic carbocycles. The Morgan fingerprint density at radius 2 is 1.88 bits per heavy atom. The van der Waals surface area contributed by atoms with Gasteiger partial charge < -0.3 is 5.73 Å². The van der Waals surface area contributed by atoms with Crippen LogP contribution in [0.1, 0.15) is 10.4 Å². The number of nitrogen functional groups attached to an aromatic ring is 1. The van der Waals surface area contributed by atoms with Crippen LogP contribution in [0.5, 0.6) is 0 Å². The van der Waals surface area contributed by atoms with Gasteiger partial charge in [-0.1, -0.05) is 30.3 Å². The van der Waals surface area contributed by atoms with E-state index in [0.29, 0.717) is 11.3 Å². The topological polar surface area (TPSA) is 75.4 Å². The van der Waals surface area contributed by atoms with Crippen LogP contribution < -0.4 is 11.2 Å². The number of nitrogens with one attached hydrogen (secondary N) is 1. The molecule has 0 aliphatic rings. The summed E-state index contributed by atoms with van der Waals surface area (Å²) in [5, 5.41) is 8.69. The molecule has 4 heteroatoms. The number of hydrogen-bond donors (Lipinski definition) is 3. The Kier molecular flexibility index (Phi) is 3.07. The van der Waals surface area contributed by atoms with E-state index in [2.05, 4.69) is 0 Å². The molecule has 2 aromatic rings. The van der Waals surface area contributed by atoms with Crippen LogP contribution in [0.25, 0.3) is 11.1 Å². The van der Waals surface area contributed by atoms with Gasteiger partial charge in [0, 0.05) is 11.3 Å². The Morgan fingerprint density at radius 1 is 1.12 bits per heavy atom. The first-order chi connectivity index (χ1) is 8.22. The van der Waals surface area contributed by atoms with E-state index >= 15 is 0 Å². The first kappa shape index (κ1) is 11.2. The van der Waals surface area contributed by atoms with E-state index in [0.717, 1.165) is 11.1 Å². The molecule has 86 valence electrons. The lowest BCUT2D eigenvalue weighted by molar-refractivity contribution is 0.0707. The Labute approximate surface area is 98.7 Å². The molecule has 0 aromatic heterocycles. The molecule has 0 bridgehead atoms. The van der Waals surface area contributed by atoms with Gasteiger partial charge in [-0.25, -0.2) is 5.48 Å². The fraction of sp³-hybridized carbons (Fsp3) is 0. The summed E-state index contributed by atoms with van der Waals surface area (Å²) in [6, 6.07) is 14.2. The molecule has 0 unspecified atom stereocenters. The molecule has 0 saturated heterocycles. The van der Waals surface area contributed by atoms with Crippen LogP contribution in [0.4, 0.5) is 5.69 Å². The third kappa shape index (κ3) is 2.26. The summed E-state index contributed by atoms with van der Waals surface area (Å²) in [4.78, 5) is 11.5. The highest BCUT2D eigenvalue weighted by Crippen LogP contribution is 2.25. The number of carbonyl (C=O) groups is 1. The fourth-order valence-electron chi connectivity index (χ4n) is 1.70. The Hall–Kier alpha value is -2.33. The first-order valence-electron chi connectivity index (χ1n) is 5.12. The number of hydroxylamine groups is 1. The zero-order chi connectivity index (χ0) is 12.3. The normalized spacial score (nSPS) is 9.94. The number of benzene rings is 2. The maximum Gasteiger partial charge on any atom is 0.275 e. The summed E-state index contributed by atoms with van der Waals surface area (Å²) in [5.41, 5.74) is 9.94. The first-order valence-corrected chi connectivity index (χ1v) is 5.12. The number of amides is 1. The molecule has 4 N–H and O–H groups in total. The van der Waals surface area contributed by atoms with E-state index in [1.165, 1.54) is 0 Å². The lowest BCUT2D eigenvalue weighted by Gasteiger charge is -2.08.